The van der Waals surface area contributed by atoms with Crippen LogP contribution in [0.25, 0.3) is 0 Å². The number of β-lactam (4-membered cyclic amide) rings is 1. The van der Waals surface area contributed by atoms with Gasteiger partial charge in [-0.15, -0.1) is 0 Å². The number of rotatable bonds is 9. The molecule has 28 heavy (non-hydrogen) atoms. The molecule has 2 aliphatic heterocycles. The second kappa shape index (κ2) is 8.72. The van der Waals surface area contributed by atoms with Gasteiger partial charge in [0, 0.05) is 23.6 Å². The highest BCUT2D eigenvalue weighted by atomic mass is 32.2. The molecule has 1 amide bonds. The number of hydrogen-bond acceptors (Lipinski definition) is 8. The molecule has 2 heterocycles. The van der Waals surface area contributed by atoms with E-state index in [4.69, 9.17) is 14.2 Å². The molecule has 0 spiro atoms. The summed E-state index contributed by atoms with van der Waals surface area (Å²) in [5, 5.41) is 10.6. The molecular formula is C18H20N2O7S. The largest absolute Gasteiger partial charge is 0.456 e. The molecule has 1 aromatic carbocycles. The average Bonchev–Trinajstić information content (AvgIpc) is 2.97. The molecule has 3 rings (SSSR count). The van der Waals surface area contributed by atoms with Gasteiger partial charge >= 0.3 is 5.97 Å². The second-order valence-electron chi connectivity index (χ2n) is 6.15. The number of ether oxygens (including phenoxy) is 3. The standard InChI is InChI=1S/C18H20N2O7S/c1-3-25-11(2)26-10-14-17(19-15(21)8-16(19)28-14)18(22)27-9-12-4-6-13(7-5-12)20(23)24/h4-7,11,16H,3,8-10H2,1-2H3/t11?,16-/m0/s1. The highest BCUT2D eigenvalue weighted by molar-refractivity contribution is 8.04. The third-order valence-corrected chi connectivity index (χ3v) is 5.50. The molecule has 0 radical (unpaired) electrons. The van der Waals surface area contributed by atoms with Gasteiger partial charge in [0.2, 0.25) is 5.91 Å². The Balaban J connectivity index is 1.66. The van der Waals surface area contributed by atoms with E-state index in [1.165, 1.54) is 40.9 Å². The van der Waals surface area contributed by atoms with Crippen LogP contribution in [0.3, 0.4) is 0 Å². The minimum Gasteiger partial charge on any atom is -0.456 e. The molecule has 1 unspecified atom stereocenters. The Labute approximate surface area is 165 Å². The van der Waals surface area contributed by atoms with E-state index in [9.17, 15) is 19.7 Å². The molecule has 2 atom stereocenters. The van der Waals surface area contributed by atoms with E-state index in [-0.39, 0.29) is 35.9 Å². The molecule has 1 saturated heterocycles. The molecular weight excluding hydrogens is 388 g/mol. The van der Waals surface area contributed by atoms with E-state index in [1.807, 2.05) is 6.92 Å². The fraction of sp³-hybridized carbons (Fsp3) is 0.444. The van der Waals surface area contributed by atoms with Gasteiger partial charge in [0.15, 0.2) is 6.29 Å². The van der Waals surface area contributed by atoms with Gasteiger partial charge in [0.1, 0.15) is 12.3 Å². The lowest BCUT2D eigenvalue weighted by atomic mass is 10.1. The summed E-state index contributed by atoms with van der Waals surface area (Å²) in [6.45, 7) is 4.21. The zero-order valence-electron chi connectivity index (χ0n) is 15.5. The second-order valence-corrected chi connectivity index (χ2v) is 7.42. The van der Waals surface area contributed by atoms with Gasteiger partial charge in [-0.1, -0.05) is 11.8 Å². The lowest BCUT2D eigenvalue weighted by molar-refractivity contribution is -0.384. The summed E-state index contributed by atoms with van der Waals surface area (Å²) in [7, 11) is 0. The number of hydrogen-bond donors (Lipinski definition) is 0. The summed E-state index contributed by atoms with van der Waals surface area (Å²) in [5.74, 6) is -0.753. The highest BCUT2D eigenvalue weighted by Crippen LogP contribution is 2.46. The third-order valence-electron chi connectivity index (χ3n) is 4.25. The molecule has 0 aliphatic carbocycles. The quantitative estimate of drug-likeness (QED) is 0.202. The van der Waals surface area contributed by atoms with Crippen molar-refractivity contribution in [3.63, 3.8) is 0 Å². The van der Waals surface area contributed by atoms with Crippen LogP contribution in [0.4, 0.5) is 5.69 Å². The van der Waals surface area contributed by atoms with Crippen molar-refractivity contribution in [2.24, 2.45) is 0 Å². The van der Waals surface area contributed by atoms with Crippen molar-refractivity contribution in [2.45, 2.75) is 38.5 Å². The number of amides is 1. The van der Waals surface area contributed by atoms with E-state index in [2.05, 4.69) is 0 Å². The van der Waals surface area contributed by atoms with Crippen molar-refractivity contribution < 1.29 is 28.7 Å². The minimum atomic E-state index is -0.621. The molecule has 0 bridgehead atoms. The summed E-state index contributed by atoms with van der Waals surface area (Å²) >= 11 is 1.42. The minimum absolute atomic E-state index is 0.0400. The van der Waals surface area contributed by atoms with Crippen molar-refractivity contribution in [1.29, 1.82) is 0 Å². The number of fused-ring (bicyclic) bond motifs is 1. The van der Waals surface area contributed by atoms with Crippen LogP contribution in [-0.2, 0) is 30.4 Å². The first-order chi connectivity index (χ1) is 13.4. The van der Waals surface area contributed by atoms with Gasteiger partial charge < -0.3 is 14.2 Å². The van der Waals surface area contributed by atoms with Gasteiger partial charge in [-0.25, -0.2) is 4.79 Å². The third kappa shape index (κ3) is 4.34. The summed E-state index contributed by atoms with van der Waals surface area (Å²) in [6, 6.07) is 5.73. The lowest BCUT2D eigenvalue weighted by Gasteiger charge is -2.34. The average molecular weight is 408 g/mol. The van der Waals surface area contributed by atoms with Crippen molar-refractivity contribution in [3.05, 3.63) is 50.5 Å². The summed E-state index contributed by atoms with van der Waals surface area (Å²) < 4.78 is 16.3. The van der Waals surface area contributed by atoms with E-state index in [1.54, 1.807) is 6.92 Å². The van der Waals surface area contributed by atoms with Gasteiger partial charge in [0.25, 0.3) is 5.69 Å². The van der Waals surface area contributed by atoms with Gasteiger partial charge in [-0.05, 0) is 31.5 Å². The summed E-state index contributed by atoms with van der Waals surface area (Å²) in [4.78, 5) is 36.8. The van der Waals surface area contributed by atoms with Crippen LogP contribution in [0.2, 0.25) is 0 Å². The number of carbonyl (C=O) groups excluding carboxylic acids is 2. The van der Waals surface area contributed by atoms with Gasteiger partial charge in [0.05, 0.1) is 23.3 Å². The van der Waals surface area contributed by atoms with E-state index >= 15 is 0 Å². The van der Waals surface area contributed by atoms with E-state index < -0.39 is 17.2 Å². The number of esters is 1. The Kier molecular flexibility index (Phi) is 6.32. The van der Waals surface area contributed by atoms with Crippen molar-refractivity contribution in [1.82, 2.24) is 4.90 Å². The fourth-order valence-corrected chi connectivity index (χ4v) is 4.14. The number of thioether (sulfide) groups is 1. The number of non-ortho nitro benzene ring substituents is 1. The fourth-order valence-electron chi connectivity index (χ4n) is 2.83. The number of benzene rings is 1. The molecule has 2 aliphatic rings. The molecule has 1 aromatic rings. The van der Waals surface area contributed by atoms with Gasteiger partial charge in [-0.3, -0.25) is 19.8 Å². The Morgan fingerprint density at radius 3 is 2.64 bits per heavy atom. The number of nitro groups is 1. The maximum Gasteiger partial charge on any atom is 0.356 e. The molecule has 10 heteroatoms. The van der Waals surface area contributed by atoms with E-state index in [0.717, 1.165) is 0 Å². The first kappa shape index (κ1) is 20.3. The summed E-state index contributed by atoms with van der Waals surface area (Å²) in [6.07, 6.45) is -0.0617. The lowest BCUT2D eigenvalue weighted by Crippen LogP contribution is -2.48. The van der Waals surface area contributed by atoms with Crippen LogP contribution in [0.15, 0.2) is 34.9 Å². The zero-order chi connectivity index (χ0) is 20.3. The van der Waals surface area contributed by atoms with Crippen LogP contribution >= 0.6 is 11.8 Å². The van der Waals surface area contributed by atoms with Crippen LogP contribution in [0, 0.1) is 10.1 Å². The Morgan fingerprint density at radius 1 is 1.32 bits per heavy atom. The SMILES string of the molecule is CCOC(C)OCC1=C(C(=O)OCc2ccc([N+](=O)[O-])cc2)N2C(=O)C[C@@H]2S1. The number of carbonyl (C=O) groups is 2. The number of nitrogens with zero attached hydrogens (tertiary/aromatic N) is 2. The molecule has 0 aromatic heterocycles. The highest BCUT2D eigenvalue weighted by Gasteiger charge is 2.48. The van der Waals surface area contributed by atoms with Crippen molar-refractivity contribution in [3.8, 4) is 0 Å². The number of nitro benzene ring substituents is 1. The normalized spacial score (nSPS) is 19.3. The molecule has 1 fully saturated rings. The Hall–Kier alpha value is -2.43. The monoisotopic (exact) mass is 408 g/mol. The first-order valence-electron chi connectivity index (χ1n) is 8.76. The maximum absolute atomic E-state index is 12.6. The molecule has 9 nitrogen and oxygen atoms in total. The molecule has 150 valence electrons. The molecule has 0 saturated carbocycles. The van der Waals surface area contributed by atoms with Gasteiger partial charge in [-0.2, -0.15) is 0 Å². The predicted molar refractivity (Wildman–Crippen MR) is 99.8 cm³/mol. The van der Waals surface area contributed by atoms with Crippen LogP contribution in [-0.4, -0.2) is 46.6 Å². The van der Waals surface area contributed by atoms with Crippen LogP contribution < -0.4 is 0 Å². The zero-order valence-corrected chi connectivity index (χ0v) is 16.3. The van der Waals surface area contributed by atoms with Crippen molar-refractivity contribution in [2.75, 3.05) is 13.2 Å². The van der Waals surface area contributed by atoms with Crippen LogP contribution in [0.1, 0.15) is 25.8 Å². The first-order valence-corrected chi connectivity index (χ1v) is 9.64. The Bertz CT molecular complexity index is 809. The summed E-state index contributed by atoms with van der Waals surface area (Å²) in [5.41, 5.74) is 0.776. The van der Waals surface area contributed by atoms with Crippen LogP contribution in [0.5, 0.6) is 0 Å². The topological polar surface area (TPSA) is 108 Å². The smallest absolute Gasteiger partial charge is 0.356 e. The van der Waals surface area contributed by atoms with Crippen molar-refractivity contribution >= 4 is 29.3 Å². The maximum atomic E-state index is 12.6. The predicted octanol–water partition coefficient (Wildman–Crippen LogP) is 2.55. The molecule has 0 N–H and O–H groups in total. The van der Waals surface area contributed by atoms with E-state index in [0.29, 0.717) is 23.5 Å². The Morgan fingerprint density at radius 2 is 2.04 bits per heavy atom.